The molecule has 2 aromatic carbocycles. The summed E-state index contributed by atoms with van der Waals surface area (Å²) in [6.07, 6.45) is 39.6. The number of carbonyl (C=O) groups is 2. The minimum absolute atomic E-state index is 0.0207. The van der Waals surface area contributed by atoms with Crippen molar-refractivity contribution in [3.05, 3.63) is 84.7 Å². The Hall–Kier alpha value is -4.85. The standard InChI is InChI=1S/C22H26N4O2.C18H18N2O3.3C7H16N2.2C6H14N2.C5H12N2.C4H10N2.CHCl3/c27-22(24-17-8-10-23-13-17)15-6-7-20-19(12-15)25-21(16-9-11-28-14-16)26(20)18-4-2-1-3-5-18;21-18(22)12-6-7-16-15(10-12)19-17(13-8-9-23-11-13)20(16)14-4-2-1-3-5-14;1-9-4-2-7(6-8)3-5-9;1-9-7-4-2-6(8)3-5-7;1-9-7-4-2-3-6(8)5-7;1-8-4-2-6(7)3-5-8;1-8-4-2-3-6(7)5-8;1-7-3-2-5(6)4-7;5-4-1-2-6-3-4;2-1(3)4/h6-7,9,11-12,14,17-18,23H,1-5,8,10,13H2,(H,24,27);6-11,14H,1-5H2,(H,21,22);7H,2-6,8H2,1H3;2*6-7,9H,2-5,8H2,1H3;2*6H,2-5,7H2,1H3;5H,2-4,6H2,1H3;4,6H,1-3,5H2;1H. The first-order chi connectivity index (χ1) is 53.5. The largest absolute Gasteiger partial charge is 0.478 e. The van der Waals surface area contributed by atoms with Gasteiger partial charge in [-0.05, 0) is 284 Å². The first kappa shape index (κ1) is 93.3. The molecule has 4 aromatic heterocycles. The molecule has 20 N–H and O–H groups in total. The maximum Gasteiger partial charge on any atom is 0.335 e. The number of likely N-dealkylation sites (tertiary alicyclic amines) is 4. The van der Waals surface area contributed by atoms with Crippen molar-refractivity contribution in [3.63, 3.8) is 0 Å². The topological polar surface area (TPSA) is 372 Å². The van der Waals surface area contributed by atoms with E-state index in [1.165, 1.54) is 181 Å². The molecule has 6 aromatic rings. The van der Waals surface area contributed by atoms with Crippen LogP contribution in [0.2, 0.25) is 0 Å². The van der Waals surface area contributed by atoms with Gasteiger partial charge in [-0.25, -0.2) is 14.8 Å². The number of alkyl halides is 3. The second kappa shape index (κ2) is 51.3. The fourth-order valence-electron chi connectivity index (χ4n) is 16.2. The Balaban J connectivity index is 0.000000183. The Morgan fingerprint density at radius 1 is 0.495 bits per heavy atom. The van der Waals surface area contributed by atoms with Crippen molar-refractivity contribution in [3.8, 4) is 22.8 Å². The molecule has 0 bridgehead atoms. The fraction of sp³-hybridized carbons (Fsp3) is 0.711. The molecule has 10 fully saturated rings. The van der Waals surface area contributed by atoms with Gasteiger partial charge in [0.25, 0.3) is 5.91 Å². The van der Waals surface area contributed by atoms with E-state index in [0.29, 0.717) is 59.9 Å². The quantitative estimate of drug-likeness (QED) is 0.0567. The van der Waals surface area contributed by atoms with Crippen LogP contribution in [0.1, 0.15) is 206 Å². The van der Waals surface area contributed by atoms with Gasteiger partial charge in [0.2, 0.25) is 0 Å². The molecular formula is C83H143Cl3N20O5. The number of nitrogens with one attached hydrogen (secondary N) is 5. The molecule has 626 valence electrons. The number of benzene rings is 2. The zero-order valence-corrected chi connectivity index (χ0v) is 70.3. The number of piperidine rings is 3. The second-order valence-electron chi connectivity index (χ2n) is 32.5. The van der Waals surface area contributed by atoms with E-state index >= 15 is 0 Å². The number of carboxylic acids is 1. The average molecular weight is 1610 g/mol. The van der Waals surface area contributed by atoms with Gasteiger partial charge in [0.1, 0.15) is 24.2 Å². The highest BCUT2D eigenvalue weighted by Crippen LogP contribution is 2.38. The molecular weight excluding hydrogens is 1460 g/mol. The van der Waals surface area contributed by atoms with Crippen LogP contribution < -0.4 is 66.7 Å². The van der Waals surface area contributed by atoms with Gasteiger partial charge >= 0.3 is 5.97 Å². The molecule has 1 amide bonds. The number of likely N-dealkylation sites (N-methyl/N-ethyl adjacent to an activating group) is 2. The van der Waals surface area contributed by atoms with Crippen molar-refractivity contribution in [1.82, 2.24) is 65.3 Å². The maximum absolute atomic E-state index is 12.7. The Morgan fingerprint density at radius 3 is 1.35 bits per heavy atom. The van der Waals surface area contributed by atoms with E-state index in [9.17, 15) is 14.7 Å². The molecule has 111 heavy (non-hydrogen) atoms. The summed E-state index contributed by atoms with van der Waals surface area (Å²) < 4.78 is 14.4. The van der Waals surface area contributed by atoms with Gasteiger partial charge in [-0.2, -0.15) is 0 Å². The van der Waals surface area contributed by atoms with Gasteiger partial charge < -0.3 is 109 Å². The van der Waals surface area contributed by atoms with Crippen LogP contribution in [0.15, 0.2) is 82.4 Å². The predicted molar refractivity (Wildman–Crippen MR) is 459 cm³/mol. The lowest BCUT2D eigenvalue weighted by molar-refractivity contribution is 0.0696. The number of aromatic carboxylic acids is 1. The number of fused-ring (bicyclic) bond motifs is 2. The molecule has 4 saturated carbocycles. The third-order valence-corrected chi connectivity index (χ3v) is 23.1. The molecule has 25 nitrogen and oxygen atoms in total. The molecule has 6 saturated heterocycles. The highest BCUT2D eigenvalue weighted by Gasteiger charge is 2.28. The first-order valence-electron chi connectivity index (χ1n) is 41.8. The van der Waals surface area contributed by atoms with Crippen molar-refractivity contribution < 1.29 is 23.5 Å². The molecule has 4 aliphatic carbocycles. The van der Waals surface area contributed by atoms with E-state index in [-0.39, 0.29) is 17.5 Å². The van der Waals surface area contributed by atoms with E-state index in [0.717, 1.165) is 135 Å². The summed E-state index contributed by atoms with van der Waals surface area (Å²) in [6.45, 7) is 14.2. The van der Waals surface area contributed by atoms with Gasteiger partial charge in [-0.3, -0.25) is 4.79 Å². The number of carboxylic acid groups (broad SMARTS) is 1. The molecule has 16 rings (SSSR count). The smallest absolute Gasteiger partial charge is 0.335 e. The Kier molecular flexibility index (Phi) is 43.1. The summed E-state index contributed by atoms with van der Waals surface area (Å²) in [6, 6.07) is 20.2. The summed E-state index contributed by atoms with van der Waals surface area (Å²) in [4.78, 5) is 42.8. The van der Waals surface area contributed by atoms with Crippen molar-refractivity contribution in [2.24, 2.45) is 46.1 Å². The highest BCUT2D eigenvalue weighted by molar-refractivity contribution is 6.63. The number of nitrogens with two attached hydrogens (primary N) is 7. The highest BCUT2D eigenvalue weighted by atomic mass is 35.6. The van der Waals surface area contributed by atoms with E-state index in [1.807, 2.05) is 44.4 Å². The number of carbonyl (C=O) groups excluding carboxylic acids is 1. The Bertz CT molecular complexity index is 3400. The van der Waals surface area contributed by atoms with Crippen LogP contribution in [0, 0.1) is 5.92 Å². The molecule has 6 aliphatic heterocycles. The minimum atomic E-state index is -0.927. The van der Waals surface area contributed by atoms with Gasteiger partial charge in [0.05, 0.1) is 51.3 Å². The molecule has 28 heteroatoms. The predicted octanol–water partition coefficient (Wildman–Crippen LogP) is 10.7. The number of imidazole rings is 2. The number of furan rings is 2. The van der Waals surface area contributed by atoms with Gasteiger partial charge in [0, 0.05) is 98.2 Å². The number of aromatic nitrogens is 4. The molecule has 10 aliphatic rings. The zero-order valence-electron chi connectivity index (χ0n) is 68.1. The van der Waals surface area contributed by atoms with Crippen molar-refractivity contribution in [2.75, 3.05) is 127 Å². The summed E-state index contributed by atoms with van der Waals surface area (Å²) in [7, 11) is 12.6. The van der Waals surface area contributed by atoms with Crippen LogP contribution in [-0.4, -0.2) is 242 Å². The van der Waals surface area contributed by atoms with Crippen molar-refractivity contribution in [1.29, 1.82) is 0 Å². The van der Waals surface area contributed by atoms with Crippen LogP contribution in [0.3, 0.4) is 0 Å². The molecule has 0 spiro atoms. The molecule has 6 unspecified atom stereocenters. The van der Waals surface area contributed by atoms with Crippen LogP contribution >= 0.6 is 34.8 Å². The average Bonchev–Trinajstić information content (AvgIpc) is 1.62. The van der Waals surface area contributed by atoms with E-state index < -0.39 is 10.3 Å². The lowest BCUT2D eigenvalue weighted by Crippen LogP contribution is -2.40. The summed E-state index contributed by atoms with van der Waals surface area (Å²) >= 11 is 14.4. The van der Waals surface area contributed by atoms with Gasteiger partial charge in [-0.15, -0.1) is 0 Å². The number of amides is 1. The summed E-state index contributed by atoms with van der Waals surface area (Å²) in [5, 5.41) is 25.3. The van der Waals surface area contributed by atoms with E-state index in [2.05, 4.69) is 89.6 Å². The monoisotopic (exact) mass is 1610 g/mol. The van der Waals surface area contributed by atoms with Crippen LogP contribution in [0.5, 0.6) is 0 Å². The second-order valence-corrected chi connectivity index (χ2v) is 34.5. The van der Waals surface area contributed by atoms with Crippen LogP contribution in [0.25, 0.3) is 44.8 Å². The van der Waals surface area contributed by atoms with Gasteiger partial charge in [0.15, 0.2) is 4.30 Å². The van der Waals surface area contributed by atoms with Crippen LogP contribution in [0.4, 0.5) is 0 Å². The maximum atomic E-state index is 12.7. The number of nitrogens with zero attached hydrogens (tertiary/aromatic N) is 8. The number of hydrogen-bond donors (Lipinski definition) is 13. The number of hydrogen-bond acceptors (Lipinski definition) is 21. The Morgan fingerprint density at radius 2 is 0.964 bits per heavy atom. The fourth-order valence-corrected chi connectivity index (χ4v) is 16.2. The summed E-state index contributed by atoms with van der Waals surface area (Å²) in [5.41, 5.74) is 46.0. The molecule has 10 heterocycles. The SMILES string of the molecule is CN1CCC(CN)CC1.CN1CCC(N)C1.CN1CCC(N)CC1.CN1CCCC(N)C1.CNC1CCC(N)CC1.CNC1CCCC(N)C1.ClC(Cl)Cl.NC1CCNC1.O=C(NC1CCNC1)c1ccc2c(c1)nc(-c1ccoc1)n2C1CCCCC1.O=C(O)c1ccc2c(c1)nc(-c1ccoc1)n2C1CCCCC1. The summed E-state index contributed by atoms with van der Waals surface area (Å²) in [5.74, 6) is 1.66. The van der Waals surface area contributed by atoms with E-state index in [1.54, 1.807) is 37.2 Å². The third kappa shape index (κ3) is 33.7. The minimum Gasteiger partial charge on any atom is -0.478 e. The Labute approximate surface area is 678 Å². The molecule has 6 atom stereocenters. The molecule has 0 radical (unpaired) electrons. The van der Waals surface area contributed by atoms with Crippen molar-refractivity contribution in [2.45, 2.75) is 244 Å². The zero-order chi connectivity index (χ0) is 80.0. The lowest BCUT2D eigenvalue weighted by atomic mass is 9.92. The normalized spacial score (nSPS) is 25.1. The van der Waals surface area contributed by atoms with E-state index in [4.69, 9.17) is 93.7 Å². The first-order valence-corrected chi connectivity index (χ1v) is 43.1. The third-order valence-electron chi connectivity index (χ3n) is 23.1. The number of halogens is 3. The number of rotatable bonds is 10. The lowest BCUT2D eigenvalue weighted by Gasteiger charge is -2.27. The van der Waals surface area contributed by atoms with Gasteiger partial charge in [-0.1, -0.05) is 79.7 Å². The van der Waals surface area contributed by atoms with Crippen LogP contribution in [-0.2, 0) is 0 Å². The van der Waals surface area contributed by atoms with Crippen molar-refractivity contribution >= 4 is 68.7 Å².